The van der Waals surface area contributed by atoms with Crippen LogP contribution in [0.3, 0.4) is 0 Å². The van der Waals surface area contributed by atoms with Crippen molar-refractivity contribution >= 4 is 30.2 Å². The van der Waals surface area contributed by atoms with E-state index in [0.717, 1.165) is 27.3 Å². The summed E-state index contributed by atoms with van der Waals surface area (Å²) in [6, 6.07) is 8.88. The van der Waals surface area contributed by atoms with E-state index in [4.69, 9.17) is 4.65 Å². The van der Waals surface area contributed by atoms with Crippen molar-refractivity contribution < 1.29 is 9.68 Å². The molecule has 2 heterocycles. The summed E-state index contributed by atoms with van der Waals surface area (Å²) < 4.78 is 8.37. The maximum Gasteiger partial charge on any atom is 0.491 e. The van der Waals surface area contributed by atoms with E-state index in [1.807, 2.05) is 25.1 Å². The van der Waals surface area contributed by atoms with Gasteiger partial charge in [-0.1, -0.05) is 12.1 Å². The number of rotatable bonds is 3. The van der Waals surface area contributed by atoms with E-state index < -0.39 is 7.12 Å². The number of pyridine rings is 1. The quantitative estimate of drug-likeness (QED) is 0.581. The first-order chi connectivity index (χ1) is 9.63. The molecule has 7 heteroatoms. The van der Waals surface area contributed by atoms with Crippen molar-refractivity contribution in [2.45, 2.75) is 18.6 Å². The van der Waals surface area contributed by atoms with Crippen LogP contribution in [0.1, 0.15) is 11.1 Å². The second-order valence-corrected chi connectivity index (χ2v) is 5.46. The number of benzene rings is 1. The Hall–Kier alpha value is -1.70. The Morgan fingerprint density at radius 2 is 2.30 bits per heavy atom. The van der Waals surface area contributed by atoms with Crippen molar-refractivity contribution in [3.8, 4) is 0 Å². The molecule has 1 aromatic carbocycles. The molecule has 0 spiro atoms. The molecule has 0 fully saturated rings. The van der Waals surface area contributed by atoms with Crippen molar-refractivity contribution in [1.29, 1.82) is 0 Å². The summed E-state index contributed by atoms with van der Waals surface area (Å²) in [7, 11) is -0.854. The van der Waals surface area contributed by atoms with Gasteiger partial charge in [0.05, 0.1) is 11.6 Å². The van der Waals surface area contributed by atoms with Crippen molar-refractivity contribution in [2.75, 3.05) is 4.72 Å². The van der Waals surface area contributed by atoms with Gasteiger partial charge in [-0.25, -0.2) is 0 Å². The first-order valence-electron chi connectivity index (χ1n) is 6.19. The van der Waals surface area contributed by atoms with Gasteiger partial charge in [0, 0.05) is 23.7 Å². The molecule has 2 aromatic rings. The van der Waals surface area contributed by atoms with Crippen LogP contribution < -0.4 is 15.7 Å². The molecule has 0 unspecified atom stereocenters. The standard InChI is InChI=1S/C13H13BN2O3S/c1-8-5-9-7-19-14(18)10(9)6-11(8)16-20-13-4-2-3-12(17)15-13/h2-6,16,18H,7H2,1H3,(H,15,17). The number of aromatic amines is 1. The minimum Gasteiger partial charge on any atom is -0.423 e. The van der Waals surface area contributed by atoms with Gasteiger partial charge in [0.25, 0.3) is 0 Å². The Balaban J connectivity index is 1.81. The molecule has 20 heavy (non-hydrogen) atoms. The number of aryl methyl sites for hydroxylation is 1. The van der Waals surface area contributed by atoms with Gasteiger partial charge in [-0.05, 0) is 35.6 Å². The molecular weight excluding hydrogens is 275 g/mol. The monoisotopic (exact) mass is 288 g/mol. The summed E-state index contributed by atoms with van der Waals surface area (Å²) in [5, 5.41) is 10.4. The Kier molecular flexibility index (Phi) is 3.56. The second kappa shape index (κ2) is 5.36. The highest BCUT2D eigenvalue weighted by molar-refractivity contribution is 8.00. The van der Waals surface area contributed by atoms with Gasteiger partial charge in [-0.2, -0.15) is 0 Å². The smallest absolute Gasteiger partial charge is 0.423 e. The average molecular weight is 288 g/mol. The molecule has 1 aliphatic rings. The second-order valence-electron chi connectivity index (χ2n) is 4.61. The Labute approximate surface area is 120 Å². The first kappa shape index (κ1) is 13.3. The minimum absolute atomic E-state index is 0.133. The zero-order valence-corrected chi connectivity index (χ0v) is 11.7. The number of nitrogens with one attached hydrogen (secondary N) is 2. The van der Waals surface area contributed by atoms with Crippen LogP contribution in [-0.4, -0.2) is 17.1 Å². The summed E-state index contributed by atoms with van der Waals surface area (Å²) in [6.45, 7) is 2.43. The van der Waals surface area contributed by atoms with E-state index in [1.54, 1.807) is 6.07 Å². The predicted molar refractivity (Wildman–Crippen MR) is 80.1 cm³/mol. The number of aromatic nitrogens is 1. The van der Waals surface area contributed by atoms with Crippen molar-refractivity contribution in [2.24, 2.45) is 0 Å². The molecule has 0 bridgehead atoms. The van der Waals surface area contributed by atoms with Crippen LogP contribution in [0.2, 0.25) is 0 Å². The highest BCUT2D eigenvalue weighted by Crippen LogP contribution is 2.24. The number of hydrogen-bond donors (Lipinski definition) is 3. The summed E-state index contributed by atoms with van der Waals surface area (Å²) in [6.07, 6.45) is 0. The molecule has 3 rings (SSSR count). The van der Waals surface area contributed by atoms with E-state index in [9.17, 15) is 9.82 Å². The maximum absolute atomic E-state index is 11.2. The summed E-state index contributed by atoms with van der Waals surface area (Å²) in [4.78, 5) is 13.9. The first-order valence-corrected chi connectivity index (χ1v) is 7.00. The van der Waals surface area contributed by atoms with Crippen molar-refractivity contribution in [3.63, 3.8) is 0 Å². The molecule has 102 valence electrons. The van der Waals surface area contributed by atoms with Crippen LogP contribution in [0.25, 0.3) is 0 Å². The van der Waals surface area contributed by atoms with Gasteiger partial charge in [0.15, 0.2) is 0 Å². The number of fused-ring (bicyclic) bond motifs is 1. The zero-order chi connectivity index (χ0) is 14.1. The van der Waals surface area contributed by atoms with Crippen LogP contribution in [0, 0.1) is 6.92 Å². The molecule has 0 saturated carbocycles. The predicted octanol–water partition coefficient (Wildman–Crippen LogP) is 1.02. The van der Waals surface area contributed by atoms with Gasteiger partial charge < -0.3 is 19.4 Å². The maximum atomic E-state index is 11.2. The fourth-order valence-corrected chi connectivity index (χ4v) is 2.84. The van der Waals surface area contributed by atoms with E-state index >= 15 is 0 Å². The third-order valence-electron chi connectivity index (χ3n) is 3.16. The third kappa shape index (κ3) is 2.60. The lowest BCUT2D eigenvalue weighted by atomic mass is 9.79. The highest BCUT2D eigenvalue weighted by atomic mass is 32.2. The fourth-order valence-electron chi connectivity index (χ4n) is 2.10. The number of H-pyrrole nitrogens is 1. The lowest BCUT2D eigenvalue weighted by molar-refractivity contribution is 0.275. The van der Waals surface area contributed by atoms with Gasteiger partial charge in [0.1, 0.15) is 0 Å². The molecule has 1 aliphatic heterocycles. The molecular formula is C13H13BN2O3S. The topological polar surface area (TPSA) is 74.4 Å². The molecule has 0 atom stereocenters. The zero-order valence-electron chi connectivity index (χ0n) is 10.8. The molecule has 0 saturated heterocycles. The average Bonchev–Trinajstić information content (AvgIpc) is 2.77. The number of hydrogen-bond acceptors (Lipinski definition) is 5. The van der Waals surface area contributed by atoms with E-state index in [0.29, 0.717) is 6.61 Å². The Morgan fingerprint density at radius 3 is 3.10 bits per heavy atom. The van der Waals surface area contributed by atoms with Gasteiger partial charge in [-0.15, -0.1) is 0 Å². The normalized spacial score (nSPS) is 13.4. The van der Waals surface area contributed by atoms with Crippen molar-refractivity contribution in [1.82, 2.24) is 4.98 Å². The van der Waals surface area contributed by atoms with Crippen LogP contribution in [-0.2, 0) is 11.3 Å². The van der Waals surface area contributed by atoms with E-state index in [-0.39, 0.29) is 5.56 Å². The molecule has 3 N–H and O–H groups in total. The van der Waals surface area contributed by atoms with Crippen LogP contribution in [0.15, 0.2) is 40.2 Å². The molecule has 1 aromatic heterocycles. The Morgan fingerprint density at radius 1 is 1.45 bits per heavy atom. The number of anilines is 1. The SMILES string of the molecule is Cc1cc2c(cc1NSc1cccc(=O)[nH]1)B(O)OC2. The molecule has 0 radical (unpaired) electrons. The summed E-state index contributed by atoms with van der Waals surface area (Å²) in [5.74, 6) is 0. The summed E-state index contributed by atoms with van der Waals surface area (Å²) >= 11 is 1.32. The lowest BCUT2D eigenvalue weighted by Gasteiger charge is -2.10. The van der Waals surface area contributed by atoms with E-state index in [2.05, 4.69) is 9.71 Å². The largest absolute Gasteiger partial charge is 0.491 e. The van der Waals surface area contributed by atoms with Gasteiger partial charge in [0.2, 0.25) is 5.56 Å². The highest BCUT2D eigenvalue weighted by Gasteiger charge is 2.28. The van der Waals surface area contributed by atoms with E-state index in [1.165, 1.54) is 18.0 Å². The summed E-state index contributed by atoms with van der Waals surface area (Å²) in [5.41, 5.74) is 3.63. The van der Waals surface area contributed by atoms with Crippen LogP contribution >= 0.6 is 11.9 Å². The minimum atomic E-state index is -0.854. The van der Waals surface area contributed by atoms with Crippen molar-refractivity contribution in [3.05, 3.63) is 51.8 Å². The van der Waals surface area contributed by atoms with Gasteiger partial charge >= 0.3 is 7.12 Å². The van der Waals surface area contributed by atoms with Crippen LogP contribution in [0.5, 0.6) is 0 Å². The molecule has 0 aliphatic carbocycles. The molecule has 5 nitrogen and oxygen atoms in total. The third-order valence-corrected chi connectivity index (χ3v) is 3.94. The lowest BCUT2D eigenvalue weighted by Crippen LogP contribution is -2.28. The Bertz CT molecular complexity index is 704. The van der Waals surface area contributed by atoms with Crippen LogP contribution in [0.4, 0.5) is 5.69 Å². The fraction of sp³-hybridized carbons (Fsp3) is 0.154. The van der Waals surface area contributed by atoms with Gasteiger partial charge in [-0.3, -0.25) is 4.79 Å². The molecule has 0 amide bonds.